The SMILES string of the molecule is CCCCCCC(C)Oc1nc(C)cc(C)c1/C(N)=N/O. The number of ether oxygens (including phenoxy) is 1. The summed E-state index contributed by atoms with van der Waals surface area (Å²) in [5, 5.41) is 12.0. The fourth-order valence-corrected chi connectivity index (χ4v) is 2.36. The number of hydrogen-bond acceptors (Lipinski definition) is 4. The quantitative estimate of drug-likeness (QED) is 0.252. The van der Waals surface area contributed by atoms with Crippen molar-refractivity contribution in [3.63, 3.8) is 0 Å². The molecule has 0 bridgehead atoms. The van der Waals surface area contributed by atoms with E-state index in [0.717, 1.165) is 24.1 Å². The second kappa shape index (κ2) is 8.49. The highest BCUT2D eigenvalue weighted by Crippen LogP contribution is 2.23. The molecular weight excluding hydrogens is 266 g/mol. The van der Waals surface area contributed by atoms with Crippen LogP contribution in [0.4, 0.5) is 0 Å². The molecule has 1 aromatic rings. The number of pyridine rings is 1. The molecule has 1 atom stereocenters. The lowest BCUT2D eigenvalue weighted by Crippen LogP contribution is -2.21. The number of aromatic nitrogens is 1. The molecule has 0 aliphatic heterocycles. The maximum absolute atomic E-state index is 8.92. The Morgan fingerprint density at radius 2 is 2.10 bits per heavy atom. The number of aryl methyl sites for hydroxylation is 2. The third kappa shape index (κ3) is 5.25. The summed E-state index contributed by atoms with van der Waals surface area (Å²) in [6.45, 7) is 8.03. The first-order valence-corrected chi connectivity index (χ1v) is 7.62. The third-order valence-corrected chi connectivity index (χ3v) is 3.45. The summed E-state index contributed by atoms with van der Waals surface area (Å²) in [6.07, 6.45) is 5.87. The van der Waals surface area contributed by atoms with E-state index in [-0.39, 0.29) is 11.9 Å². The number of nitrogens with zero attached hydrogens (tertiary/aromatic N) is 2. The first-order valence-electron chi connectivity index (χ1n) is 7.62. The molecule has 0 aliphatic rings. The van der Waals surface area contributed by atoms with Crippen molar-refractivity contribution in [2.24, 2.45) is 10.9 Å². The van der Waals surface area contributed by atoms with Gasteiger partial charge in [-0.25, -0.2) is 4.98 Å². The largest absolute Gasteiger partial charge is 0.474 e. The zero-order valence-corrected chi connectivity index (χ0v) is 13.5. The van der Waals surface area contributed by atoms with Crippen LogP contribution in [-0.4, -0.2) is 22.1 Å². The lowest BCUT2D eigenvalue weighted by atomic mass is 10.1. The van der Waals surface area contributed by atoms with Gasteiger partial charge in [0.2, 0.25) is 5.88 Å². The van der Waals surface area contributed by atoms with E-state index < -0.39 is 0 Å². The monoisotopic (exact) mass is 293 g/mol. The van der Waals surface area contributed by atoms with Gasteiger partial charge in [-0.3, -0.25) is 0 Å². The average Bonchev–Trinajstić information content (AvgIpc) is 2.42. The van der Waals surface area contributed by atoms with Gasteiger partial charge in [0, 0.05) is 5.69 Å². The van der Waals surface area contributed by atoms with E-state index >= 15 is 0 Å². The minimum Gasteiger partial charge on any atom is -0.474 e. The van der Waals surface area contributed by atoms with Crippen molar-refractivity contribution in [2.75, 3.05) is 0 Å². The molecule has 0 saturated heterocycles. The molecule has 5 nitrogen and oxygen atoms in total. The van der Waals surface area contributed by atoms with Crippen molar-refractivity contribution < 1.29 is 9.94 Å². The highest BCUT2D eigenvalue weighted by Gasteiger charge is 2.16. The number of hydrogen-bond donors (Lipinski definition) is 2. The molecule has 1 aromatic heterocycles. The molecule has 1 heterocycles. The Morgan fingerprint density at radius 1 is 1.38 bits per heavy atom. The molecule has 0 spiro atoms. The standard InChI is InChI=1S/C16H27N3O2/c1-5-6-7-8-9-13(4)21-16-14(15(17)19-20)11(2)10-12(3)18-16/h10,13,20H,5-9H2,1-4H3,(H2,17,19). The number of rotatable bonds is 8. The van der Waals surface area contributed by atoms with Crippen LogP contribution in [0.25, 0.3) is 0 Å². The summed E-state index contributed by atoms with van der Waals surface area (Å²) in [6, 6.07) is 1.89. The fraction of sp³-hybridized carbons (Fsp3) is 0.625. The molecule has 0 amide bonds. The summed E-state index contributed by atoms with van der Waals surface area (Å²) in [7, 11) is 0. The first-order chi connectivity index (χ1) is 9.99. The van der Waals surface area contributed by atoms with Gasteiger partial charge >= 0.3 is 0 Å². The van der Waals surface area contributed by atoms with Gasteiger partial charge in [0.1, 0.15) is 0 Å². The highest BCUT2D eigenvalue weighted by molar-refractivity contribution is 6.00. The van der Waals surface area contributed by atoms with Crippen LogP contribution in [0.1, 0.15) is 62.8 Å². The van der Waals surface area contributed by atoms with Crippen LogP contribution in [0.2, 0.25) is 0 Å². The lowest BCUT2D eigenvalue weighted by molar-refractivity contribution is 0.197. The van der Waals surface area contributed by atoms with E-state index in [1.165, 1.54) is 19.3 Å². The normalized spacial score (nSPS) is 13.2. The molecule has 0 aliphatic carbocycles. The Hall–Kier alpha value is -1.78. The van der Waals surface area contributed by atoms with Crippen molar-refractivity contribution in [1.29, 1.82) is 0 Å². The van der Waals surface area contributed by atoms with E-state index in [1.807, 2.05) is 26.8 Å². The van der Waals surface area contributed by atoms with Crippen molar-refractivity contribution in [3.05, 3.63) is 22.9 Å². The zero-order chi connectivity index (χ0) is 15.8. The Labute approximate surface area is 127 Å². The summed E-state index contributed by atoms with van der Waals surface area (Å²) < 4.78 is 5.93. The molecule has 5 heteroatoms. The topological polar surface area (TPSA) is 80.7 Å². The van der Waals surface area contributed by atoms with Gasteiger partial charge in [-0.1, -0.05) is 31.3 Å². The third-order valence-electron chi connectivity index (χ3n) is 3.45. The zero-order valence-electron chi connectivity index (χ0n) is 13.5. The maximum atomic E-state index is 8.92. The number of amidine groups is 1. The Balaban J connectivity index is 2.82. The Kier molecular flexibility index (Phi) is 6.99. The summed E-state index contributed by atoms with van der Waals surface area (Å²) in [4.78, 5) is 4.39. The maximum Gasteiger partial charge on any atom is 0.225 e. The lowest BCUT2D eigenvalue weighted by Gasteiger charge is -2.18. The second-order valence-electron chi connectivity index (χ2n) is 5.52. The molecular formula is C16H27N3O2. The summed E-state index contributed by atoms with van der Waals surface area (Å²) >= 11 is 0. The minimum absolute atomic E-state index is 0.0354. The average molecular weight is 293 g/mol. The van der Waals surface area contributed by atoms with Gasteiger partial charge < -0.3 is 15.7 Å². The van der Waals surface area contributed by atoms with Gasteiger partial charge in [0.05, 0.1) is 11.7 Å². The van der Waals surface area contributed by atoms with Crippen LogP contribution in [0.3, 0.4) is 0 Å². The van der Waals surface area contributed by atoms with Crippen LogP contribution in [-0.2, 0) is 0 Å². The molecule has 0 saturated carbocycles. The summed E-state index contributed by atoms with van der Waals surface area (Å²) in [5.41, 5.74) is 8.07. The van der Waals surface area contributed by atoms with Crippen LogP contribution < -0.4 is 10.5 Å². The molecule has 1 rings (SSSR count). The van der Waals surface area contributed by atoms with Gasteiger partial charge in [-0.15, -0.1) is 0 Å². The van der Waals surface area contributed by atoms with Crippen molar-refractivity contribution >= 4 is 5.84 Å². The summed E-state index contributed by atoms with van der Waals surface area (Å²) in [5.74, 6) is 0.485. The van der Waals surface area contributed by atoms with Gasteiger partial charge in [0.25, 0.3) is 0 Å². The molecule has 118 valence electrons. The molecule has 0 aromatic carbocycles. The molecule has 1 unspecified atom stereocenters. The number of nitrogens with two attached hydrogens (primary N) is 1. The van der Waals surface area contributed by atoms with E-state index in [4.69, 9.17) is 15.7 Å². The second-order valence-corrected chi connectivity index (χ2v) is 5.52. The minimum atomic E-state index is 0.0354. The molecule has 3 N–H and O–H groups in total. The van der Waals surface area contributed by atoms with Gasteiger partial charge in [0.15, 0.2) is 5.84 Å². The van der Waals surface area contributed by atoms with Crippen LogP contribution >= 0.6 is 0 Å². The predicted molar refractivity (Wildman–Crippen MR) is 85.1 cm³/mol. The van der Waals surface area contributed by atoms with Crippen LogP contribution in [0, 0.1) is 13.8 Å². The van der Waals surface area contributed by atoms with Gasteiger partial charge in [-0.2, -0.15) is 0 Å². The number of unbranched alkanes of at least 4 members (excludes halogenated alkanes) is 3. The smallest absolute Gasteiger partial charge is 0.225 e. The predicted octanol–water partition coefficient (Wildman–Crippen LogP) is 3.53. The van der Waals surface area contributed by atoms with Crippen molar-refractivity contribution in [1.82, 2.24) is 4.98 Å². The fourth-order valence-electron chi connectivity index (χ4n) is 2.36. The van der Waals surface area contributed by atoms with Gasteiger partial charge in [-0.05, 0) is 45.2 Å². The van der Waals surface area contributed by atoms with E-state index in [1.54, 1.807) is 0 Å². The van der Waals surface area contributed by atoms with Crippen LogP contribution in [0.15, 0.2) is 11.2 Å². The first kappa shape index (κ1) is 17.3. The number of oxime groups is 1. The Morgan fingerprint density at radius 3 is 2.71 bits per heavy atom. The molecule has 21 heavy (non-hydrogen) atoms. The van der Waals surface area contributed by atoms with E-state index in [9.17, 15) is 0 Å². The van der Waals surface area contributed by atoms with Crippen LogP contribution in [0.5, 0.6) is 5.88 Å². The molecule has 0 fully saturated rings. The van der Waals surface area contributed by atoms with E-state index in [2.05, 4.69) is 17.1 Å². The van der Waals surface area contributed by atoms with E-state index in [0.29, 0.717) is 11.4 Å². The molecule has 0 radical (unpaired) electrons. The van der Waals surface area contributed by atoms with Crippen molar-refractivity contribution in [2.45, 2.75) is 65.9 Å². The van der Waals surface area contributed by atoms with Crippen molar-refractivity contribution in [3.8, 4) is 5.88 Å². The Bertz CT molecular complexity index is 487. The highest BCUT2D eigenvalue weighted by atomic mass is 16.5.